The summed E-state index contributed by atoms with van der Waals surface area (Å²) in [5.41, 5.74) is 0.583. The highest BCUT2D eigenvalue weighted by Crippen LogP contribution is 2.18. The second-order valence-corrected chi connectivity index (χ2v) is 6.55. The number of carbonyl (C=O) groups excluding carboxylic acids is 2. The Balaban J connectivity index is 2.16. The number of alkyl carbamates (subject to hydrolysis) is 1. The molecule has 0 aliphatic heterocycles. The second kappa shape index (κ2) is 7.83. The molecule has 1 aromatic carbocycles. The van der Waals surface area contributed by atoms with Crippen LogP contribution in [0.5, 0.6) is 0 Å². The number of carbonyl (C=O) groups is 2. The minimum Gasteiger partial charge on any atom is -0.464 e. The normalized spacial score (nSPS) is 12.3. The molecule has 1 heterocycles. The number of aromatic nitrogens is 2. The number of nitrogens with one attached hydrogen (secondary N) is 2. The molecule has 1 amide bonds. The van der Waals surface area contributed by atoms with Crippen LogP contribution in [-0.2, 0) is 15.9 Å². The van der Waals surface area contributed by atoms with Crippen molar-refractivity contribution in [3.05, 3.63) is 53.6 Å². The van der Waals surface area contributed by atoms with Crippen LogP contribution in [0.15, 0.2) is 36.5 Å². The number of nitrogens with zero attached hydrogens (tertiary/aromatic N) is 1. The highest BCUT2D eigenvalue weighted by atomic mass is 16.6. The van der Waals surface area contributed by atoms with Crippen molar-refractivity contribution in [2.45, 2.75) is 38.8 Å². The van der Waals surface area contributed by atoms with Crippen LogP contribution in [0.3, 0.4) is 0 Å². The van der Waals surface area contributed by atoms with Crippen LogP contribution in [-0.4, -0.2) is 34.7 Å². The predicted octanol–water partition coefficient (Wildman–Crippen LogP) is 3.00. The number of rotatable bonds is 5. The van der Waals surface area contributed by atoms with E-state index in [4.69, 9.17) is 4.74 Å². The number of hydrogen-bond acceptors (Lipinski definition) is 5. The van der Waals surface area contributed by atoms with Crippen molar-refractivity contribution in [3.63, 3.8) is 0 Å². The summed E-state index contributed by atoms with van der Waals surface area (Å²) in [4.78, 5) is 30.8. The van der Waals surface area contributed by atoms with Crippen LogP contribution < -0.4 is 5.32 Å². The standard InChI is InChI=1S/C18H23N3O4/c1-18(2,3)25-17(23)21-13(12-8-6-5-7-9-12)10-15-19-11-14(20-15)16(22)24-4/h5-9,11,13H,10H2,1-4H3,(H,19,20)(H,21,23). The molecule has 1 unspecified atom stereocenters. The number of esters is 1. The van der Waals surface area contributed by atoms with E-state index in [0.29, 0.717) is 12.2 Å². The number of hydrogen-bond donors (Lipinski definition) is 2. The smallest absolute Gasteiger partial charge is 0.408 e. The second-order valence-electron chi connectivity index (χ2n) is 6.55. The molecule has 1 atom stereocenters. The van der Waals surface area contributed by atoms with Crippen molar-refractivity contribution in [1.82, 2.24) is 15.3 Å². The van der Waals surface area contributed by atoms with Crippen molar-refractivity contribution in [2.24, 2.45) is 0 Å². The lowest BCUT2D eigenvalue weighted by atomic mass is 10.0. The van der Waals surface area contributed by atoms with E-state index in [1.165, 1.54) is 13.3 Å². The molecule has 0 saturated heterocycles. The maximum absolute atomic E-state index is 12.2. The Hall–Kier alpha value is -2.83. The first-order valence-corrected chi connectivity index (χ1v) is 7.95. The van der Waals surface area contributed by atoms with Crippen LogP contribution >= 0.6 is 0 Å². The third-order valence-corrected chi connectivity index (χ3v) is 3.32. The number of imidazole rings is 1. The zero-order valence-electron chi connectivity index (χ0n) is 14.8. The summed E-state index contributed by atoms with van der Waals surface area (Å²) >= 11 is 0. The van der Waals surface area contributed by atoms with E-state index >= 15 is 0 Å². The molecule has 1 aromatic heterocycles. The van der Waals surface area contributed by atoms with Crippen molar-refractivity contribution < 1.29 is 19.1 Å². The van der Waals surface area contributed by atoms with Gasteiger partial charge in [0.1, 0.15) is 17.1 Å². The van der Waals surface area contributed by atoms with Crippen molar-refractivity contribution in [3.8, 4) is 0 Å². The maximum Gasteiger partial charge on any atom is 0.408 e. The van der Waals surface area contributed by atoms with Gasteiger partial charge in [0, 0.05) is 6.42 Å². The molecule has 7 nitrogen and oxygen atoms in total. The lowest BCUT2D eigenvalue weighted by molar-refractivity contribution is 0.0501. The number of amides is 1. The summed E-state index contributed by atoms with van der Waals surface area (Å²) < 4.78 is 9.99. The average Bonchev–Trinajstić information content (AvgIpc) is 3.01. The van der Waals surface area contributed by atoms with E-state index in [2.05, 4.69) is 20.0 Å². The molecule has 2 N–H and O–H groups in total. The molecule has 25 heavy (non-hydrogen) atoms. The average molecular weight is 345 g/mol. The Morgan fingerprint density at radius 3 is 2.52 bits per heavy atom. The summed E-state index contributed by atoms with van der Waals surface area (Å²) in [7, 11) is 1.31. The van der Waals surface area contributed by atoms with E-state index < -0.39 is 17.7 Å². The van der Waals surface area contributed by atoms with Crippen LogP contribution in [0.25, 0.3) is 0 Å². The van der Waals surface area contributed by atoms with E-state index in [9.17, 15) is 9.59 Å². The molecular formula is C18H23N3O4. The van der Waals surface area contributed by atoms with Gasteiger partial charge < -0.3 is 19.8 Å². The summed E-state index contributed by atoms with van der Waals surface area (Å²) in [5, 5.41) is 2.85. The highest BCUT2D eigenvalue weighted by molar-refractivity contribution is 5.86. The van der Waals surface area contributed by atoms with Crippen LogP contribution in [0.4, 0.5) is 4.79 Å². The Morgan fingerprint density at radius 2 is 1.92 bits per heavy atom. The van der Waals surface area contributed by atoms with Gasteiger partial charge in [-0.05, 0) is 26.3 Å². The van der Waals surface area contributed by atoms with Gasteiger partial charge in [0.15, 0.2) is 0 Å². The fraction of sp³-hybridized carbons (Fsp3) is 0.389. The molecule has 0 bridgehead atoms. The molecule has 0 radical (unpaired) electrons. The minimum absolute atomic E-state index is 0.265. The summed E-state index contributed by atoms with van der Waals surface area (Å²) in [6.45, 7) is 5.41. The first-order chi connectivity index (χ1) is 11.8. The van der Waals surface area contributed by atoms with Gasteiger partial charge in [-0.25, -0.2) is 14.6 Å². The van der Waals surface area contributed by atoms with E-state index in [1.54, 1.807) is 20.8 Å². The SMILES string of the molecule is COC(=O)c1cnc(CC(NC(=O)OC(C)(C)C)c2ccccc2)[nH]1. The molecule has 0 fully saturated rings. The number of H-pyrrole nitrogens is 1. The van der Waals surface area contributed by atoms with Gasteiger partial charge in [-0.1, -0.05) is 30.3 Å². The number of ether oxygens (including phenoxy) is 2. The molecule has 0 aliphatic carbocycles. The number of methoxy groups -OCH3 is 1. The van der Waals surface area contributed by atoms with Gasteiger partial charge >= 0.3 is 12.1 Å². The van der Waals surface area contributed by atoms with Gasteiger partial charge in [0.25, 0.3) is 0 Å². The van der Waals surface area contributed by atoms with Gasteiger partial charge in [-0.15, -0.1) is 0 Å². The molecule has 0 spiro atoms. The van der Waals surface area contributed by atoms with Gasteiger partial charge in [0.05, 0.1) is 19.3 Å². The van der Waals surface area contributed by atoms with Crippen molar-refractivity contribution in [1.29, 1.82) is 0 Å². The van der Waals surface area contributed by atoms with Crippen molar-refractivity contribution in [2.75, 3.05) is 7.11 Å². The van der Waals surface area contributed by atoms with E-state index in [-0.39, 0.29) is 11.7 Å². The lowest BCUT2D eigenvalue weighted by Gasteiger charge is -2.23. The quantitative estimate of drug-likeness (QED) is 0.813. The summed E-state index contributed by atoms with van der Waals surface area (Å²) in [6.07, 6.45) is 1.28. The van der Waals surface area contributed by atoms with Gasteiger partial charge in [0.2, 0.25) is 0 Å². The maximum atomic E-state index is 12.2. The summed E-state index contributed by atoms with van der Waals surface area (Å²) in [5.74, 6) is 0.0698. The molecule has 7 heteroatoms. The fourth-order valence-electron chi connectivity index (χ4n) is 2.26. The molecular weight excluding hydrogens is 322 g/mol. The molecule has 0 aliphatic rings. The minimum atomic E-state index is -0.589. The van der Waals surface area contributed by atoms with Crippen LogP contribution in [0.2, 0.25) is 0 Å². The Bertz CT molecular complexity index is 719. The largest absolute Gasteiger partial charge is 0.464 e. The Labute approximate surface area is 146 Å². The molecule has 2 rings (SSSR count). The third-order valence-electron chi connectivity index (χ3n) is 3.32. The van der Waals surface area contributed by atoms with Gasteiger partial charge in [-0.3, -0.25) is 0 Å². The monoisotopic (exact) mass is 345 g/mol. The zero-order valence-corrected chi connectivity index (χ0v) is 14.8. The first-order valence-electron chi connectivity index (χ1n) is 7.95. The molecule has 0 saturated carbocycles. The predicted molar refractivity (Wildman–Crippen MR) is 92.2 cm³/mol. The molecule has 2 aromatic rings. The molecule has 134 valence electrons. The number of aromatic amines is 1. The van der Waals surface area contributed by atoms with Crippen molar-refractivity contribution >= 4 is 12.1 Å². The topological polar surface area (TPSA) is 93.3 Å². The zero-order chi connectivity index (χ0) is 18.4. The summed E-state index contributed by atoms with van der Waals surface area (Å²) in [6, 6.07) is 9.14. The van der Waals surface area contributed by atoms with Gasteiger partial charge in [-0.2, -0.15) is 0 Å². The van der Waals surface area contributed by atoms with Crippen LogP contribution in [0.1, 0.15) is 48.7 Å². The van der Waals surface area contributed by atoms with E-state index in [0.717, 1.165) is 5.56 Å². The Kier molecular flexibility index (Phi) is 5.80. The lowest BCUT2D eigenvalue weighted by Crippen LogP contribution is -2.35. The highest BCUT2D eigenvalue weighted by Gasteiger charge is 2.22. The van der Waals surface area contributed by atoms with E-state index in [1.807, 2.05) is 30.3 Å². The fourth-order valence-corrected chi connectivity index (χ4v) is 2.26. The first kappa shape index (κ1) is 18.5. The Morgan fingerprint density at radius 1 is 1.24 bits per heavy atom. The van der Waals surface area contributed by atoms with Crippen LogP contribution in [0, 0.1) is 0 Å². The third kappa shape index (κ3) is 5.63. The number of benzene rings is 1.